The van der Waals surface area contributed by atoms with Crippen molar-refractivity contribution in [2.75, 3.05) is 0 Å². The summed E-state index contributed by atoms with van der Waals surface area (Å²) in [5, 5.41) is 5.76. The third-order valence-corrected chi connectivity index (χ3v) is 3.28. The van der Waals surface area contributed by atoms with Crippen molar-refractivity contribution in [3.05, 3.63) is 59.9 Å². The summed E-state index contributed by atoms with van der Waals surface area (Å²) >= 11 is 0. The Morgan fingerprint density at radius 2 is 1.91 bits per heavy atom. The van der Waals surface area contributed by atoms with Crippen LogP contribution in [0.2, 0.25) is 0 Å². The van der Waals surface area contributed by atoms with Crippen molar-refractivity contribution in [2.24, 2.45) is 0 Å². The van der Waals surface area contributed by atoms with Gasteiger partial charge in [-0.1, -0.05) is 12.1 Å². The quantitative estimate of drug-likeness (QED) is 0.859. The molecule has 1 atom stereocenters. The Kier molecular flexibility index (Phi) is 5.97. The first-order valence-electron chi connectivity index (χ1n) is 7.74. The molecule has 5 nitrogen and oxygen atoms in total. The highest BCUT2D eigenvalue weighted by Gasteiger charge is 2.10. The highest BCUT2D eigenvalue weighted by Crippen LogP contribution is 2.20. The van der Waals surface area contributed by atoms with Gasteiger partial charge in [-0.25, -0.2) is 4.79 Å². The number of hydrogen-bond acceptors (Lipinski definition) is 3. The normalized spacial score (nSPS) is 11.8. The minimum atomic E-state index is -0.204. The van der Waals surface area contributed by atoms with Crippen LogP contribution < -0.4 is 15.4 Å². The second kappa shape index (κ2) is 8.17. The molecule has 23 heavy (non-hydrogen) atoms. The maximum atomic E-state index is 12.0. The maximum Gasteiger partial charge on any atom is 0.315 e. The predicted molar refractivity (Wildman–Crippen MR) is 90.2 cm³/mol. The van der Waals surface area contributed by atoms with Crippen molar-refractivity contribution >= 4 is 6.03 Å². The number of pyridine rings is 1. The average Bonchev–Trinajstić information content (AvgIpc) is 2.53. The molecule has 0 fully saturated rings. The molecule has 1 aromatic carbocycles. The molecule has 2 N–H and O–H groups in total. The zero-order chi connectivity index (χ0) is 16.7. The molecule has 1 heterocycles. The number of carbonyl (C=O) groups excluding carboxylic acids is 1. The summed E-state index contributed by atoms with van der Waals surface area (Å²) in [5.41, 5.74) is 2.01. The van der Waals surface area contributed by atoms with E-state index < -0.39 is 0 Å². The van der Waals surface area contributed by atoms with Crippen LogP contribution in [-0.4, -0.2) is 17.1 Å². The molecule has 1 unspecified atom stereocenters. The summed E-state index contributed by atoms with van der Waals surface area (Å²) in [6.45, 7) is 6.39. The van der Waals surface area contributed by atoms with Crippen LogP contribution in [0.4, 0.5) is 4.79 Å². The molecule has 0 spiro atoms. The van der Waals surface area contributed by atoms with Gasteiger partial charge in [0.15, 0.2) is 0 Å². The van der Waals surface area contributed by atoms with Crippen molar-refractivity contribution < 1.29 is 9.53 Å². The Balaban J connectivity index is 1.88. The molecule has 2 aromatic rings. The van der Waals surface area contributed by atoms with Crippen LogP contribution in [0, 0.1) is 0 Å². The Labute approximate surface area is 137 Å². The van der Waals surface area contributed by atoms with E-state index in [-0.39, 0.29) is 18.2 Å². The fraction of sp³-hybridized carbons (Fsp3) is 0.333. The van der Waals surface area contributed by atoms with E-state index in [1.54, 1.807) is 12.4 Å². The van der Waals surface area contributed by atoms with Gasteiger partial charge in [0.2, 0.25) is 0 Å². The summed E-state index contributed by atoms with van der Waals surface area (Å²) < 4.78 is 5.68. The van der Waals surface area contributed by atoms with E-state index >= 15 is 0 Å². The minimum absolute atomic E-state index is 0.108. The topological polar surface area (TPSA) is 63.2 Å². The Morgan fingerprint density at radius 1 is 1.17 bits per heavy atom. The number of nitrogens with zero attached hydrogens (tertiary/aromatic N) is 1. The van der Waals surface area contributed by atoms with Gasteiger partial charge in [0.1, 0.15) is 5.75 Å². The molecule has 5 heteroatoms. The van der Waals surface area contributed by atoms with E-state index in [0.717, 1.165) is 16.9 Å². The third-order valence-electron chi connectivity index (χ3n) is 3.28. The van der Waals surface area contributed by atoms with Gasteiger partial charge in [-0.15, -0.1) is 0 Å². The number of urea groups is 1. The van der Waals surface area contributed by atoms with Crippen molar-refractivity contribution in [1.29, 1.82) is 0 Å². The Bertz CT molecular complexity index is 629. The number of amides is 2. The van der Waals surface area contributed by atoms with E-state index in [0.29, 0.717) is 6.54 Å². The lowest BCUT2D eigenvalue weighted by Gasteiger charge is -2.17. The SMILES string of the molecule is CC(C)Oc1cccc(C(C)NC(=O)NCc2ccncc2)c1. The van der Waals surface area contributed by atoms with Crippen molar-refractivity contribution in [2.45, 2.75) is 39.5 Å². The average molecular weight is 313 g/mol. The summed E-state index contributed by atoms with van der Waals surface area (Å²) in [6, 6.07) is 11.2. The maximum absolute atomic E-state index is 12.0. The molecule has 0 aliphatic carbocycles. The number of nitrogens with one attached hydrogen (secondary N) is 2. The Hall–Kier alpha value is -2.56. The summed E-state index contributed by atoms with van der Waals surface area (Å²) in [6.07, 6.45) is 3.53. The van der Waals surface area contributed by atoms with Crippen LogP contribution in [0.15, 0.2) is 48.8 Å². The molecule has 2 rings (SSSR count). The lowest BCUT2D eigenvalue weighted by Crippen LogP contribution is -2.36. The van der Waals surface area contributed by atoms with Gasteiger partial charge in [-0.2, -0.15) is 0 Å². The van der Waals surface area contributed by atoms with E-state index in [2.05, 4.69) is 15.6 Å². The molecule has 1 aromatic heterocycles. The molecule has 2 amide bonds. The standard InChI is InChI=1S/C18H23N3O2/c1-13(2)23-17-6-4-5-16(11-17)14(3)21-18(22)20-12-15-7-9-19-10-8-15/h4-11,13-14H,12H2,1-3H3,(H2,20,21,22). The van der Waals surface area contributed by atoms with Gasteiger partial charge < -0.3 is 15.4 Å². The monoisotopic (exact) mass is 313 g/mol. The van der Waals surface area contributed by atoms with Gasteiger partial charge >= 0.3 is 6.03 Å². The fourth-order valence-corrected chi connectivity index (χ4v) is 2.14. The summed E-state index contributed by atoms with van der Waals surface area (Å²) in [7, 11) is 0. The second-order valence-electron chi connectivity index (χ2n) is 5.64. The lowest BCUT2D eigenvalue weighted by atomic mass is 10.1. The number of carbonyl (C=O) groups is 1. The third kappa shape index (κ3) is 5.62. The van der Waals surface area contributed by atoms with Crippen molar-refractivity contribution in [3.8, 4) is 5.75 Å². The zero-order valence-corrected chi connectivity index (χ0v) is 13.7. The molecule has 122 valence electrons. The van der Waals surface area contributed by atoms with Crippen LogP contribution in [0.25, 0.3) is 0 Å². The van der Waals surface area contributed by atoms with Gasteiger partial charge in [0, 0.05) is 18.9 Å². The molecular weight excluding hydrogens is 290 g/mol. The first-order chi connectivity index (χ1) is 11.0. The number of aromatic nitrogens is 1. The van der Waals surface area contributed by atoms with Gasteiger partial charge in [-0.05, 0) is 56.2 Å². The van der Waals surface area contributed by atoms with E-state index in [1.165, 1.54) is 0 Å². The van der Waals surface area contributed by atoms with Crippen molar-refractivity contribution in [1.82, 2.24) is 15.6 Å². The van der Waals surface area contributed by atoms with Gasteiger partial charge in [0.25, 0.3) is 0 Å². The highest BCUT2D eigenvalue weighted by molar-refractivity contribution is 5.74. The van der Waals surface area contributed by atoms with Crippen LogP contribution in [0.5, 0.6) is 5.75 Å². The largest absolute Gasteiger partial charge is 0.491 e. The first kappa shape index (κ1) is 16.8. The first-order valence-corrected chi connectivity index (χ1v) is 7.74. The fourth-order valence-electron chi connectivity index (χ4n) is 2.14. The number of benzene rings is 1. The molecule has 0 aliphatic rings. The van der Waals surface area contributed by atoms with Crippen molar-refractivity contribution in [3.63, 3.8) is 0 Å². The molecule has 0 saturated heterocycles. The summed E-state index contributed by atoms with van der Waals surface area (Å²) in [5.74, 6) is 0.809. The lowest BCUT2D eigenvalue weighted by molar-refractivity contribution is 0.236. The molecule has 0 saturated carbocycles. The summed E-state index contributed by atoms with van der Waals surface area (Å²) in [4.78, 5) is 15.9. The van der Waals surface area contributed by atoms with E-state index in [9.17, 15) is 4.79 Å². The van der Waals surface area contributed by atoms with E-state index in [4.69, 9.17) is 4.74 Å². The van der Waals surface area contributed by atoms with E-state index in [1.807, 2.05) is 57.2 Å². The minimum Gasteiger partial charge on any atom is -0.491 e. The van der Waals surface area contributed by atoms with Gasteiger partial charge in [0.05, 0.1) is 12.1 Å². The van der Waals surface area contributed by atoms with Crippen LogP contribution in [-0.2, 0) is 6.54 Å². The van der Waals surface area contributed by atoms with Crippen LogP contribution >= 0.6 is 0 Å². The number of rotatable bonds is 6. The highest BCUT2D eigenvalue weighted by atomic mass is 16.5. The molecule has 0 bridgehead atoms. The molecule has 0 aliphatic heterocycles. The number of hydrogen-bond donors (Lipinski definition) is 2. The Morgan fingerprint density at radius 3 is 2.61 bits per heavy atom. The zero-order valence-electron chi connectivity index (χ0n) is 13.7. The molecule has 0 radical (unpaired) electrons. The smallest absolute Gasteiger partial charge is 0.315 e. The molecular formula is C18H23N3O2. The number of ether oxygens (including phenoxy) is 1. The van der Waals surface area contributed by atoms with Crippen LogP contribution in [0.1, 0.15) is 37.9 Å². The van der Waals surface area contributed by atoms with Crippen LogP contribution in [0.3, 0.4) is 0 Å². The predicted octanol–water partition coefficient (Wildman–Crippen LogP) is 3.43. The second-order valence-corrected chi connectivity index (χ2v) is 5.64. The van der Waals surface area contributed by atoms with Gasteiger partial charge in [-0.3, -0.25) is 4.98 Å².